The molecule has 1 atom stereocenters. The fourth-order valence-corrected chi connectivity index (χ4v) is 3.71. The third-order valence-corrected chi connectivity index (χ3v) is 4.97. The van der Waals surface area contributed by atoms with Crippen LogP contribution in [0.15, 0.2) is 28.8 Å². The van der Waals surface area contributed by atoms with Gasteiger partial charge in [0.1, 0.15) is 16.9 Å². The molecule has 134 valence electrons. The van der Waals surface area contributed by atoms with Gasteiger partial charge in [-0.05, 0) is 37.1 Å². The average Bonchev–Trinajstić information content (AvgIpc) is 3.33. The van der Waals surface area contributed by atoms with Gasteiger partial charge in [0.15, 0.2) is 11.5 Å². The lowest BCUT2D eigenvalue weighted by Gasteiger charge is -2.02. The Balaban J connectivity index is 1.49. The molecule has 0 aliphatic carbocycles. The van der Waals surface area contributed by atoms with Crippen LogP contribution in [0.5, 0.6) is 5.75 Å². The summed E-state index contributed by atoms with van der Waals surface area (Å²) in [6.45, 7) is 4.11. The molecule has 0 unspecified atom stereocenters. The Morgan fingerprint density at radius 3 is 3.08 bits per heavy atom. The van der Waals surface area contributed by atoms with E-state index in [4.69, 9.17) is 9.26 Å². The van der Waals surface area contributed by atoms with Crippen molar-refractivity contribution in [3.05, 3.63) is 40.5 Å². The maximum atomic E-state index is 12.3. The summed E-state index contributed by atoms with van der Waals surface area (Å²) in [5, 5.41) is 16.0. The summed E-state index contributed by atoms with van der Waals surface area (Å²) < 4.78 is 11.1. The van der Waals surface area contributed by atoms with Crippen molar-refractivity contribution >= 4 is 22.4 Å². The monoisotopic (exact) mass is 370 g/mol. The summed E-state index contributed by atoms with van der Waals surface area (Å²) in [6.07, 6.45) is 2.88. The number of aromatic nitrogens is 3. The van der Waals surface area contributed by atoms with E-state index in [2.05, 4.69) is 27.6 Å². The van der Waals surface area contributed by atoms with Crippen molar-refractivity contribution in [2.45, 2.75) is 39.2 Å². The number of carbonyl (C=O) groups is 1. The van der Waals surface area contributed by atoms with Crippen LogP contribution in [-0.2, 0) is 12.8 Å². The predicted molar refractivity (Wildman–Crippen MR) is 97.6 cm³/mol. The van der Waals surface area contributed by atoms with E-state index < -0.39 is 0 Å². The van der Waals surface area contributed by atoms with E-state index in [1.54, 1.807) is 6.07 Å². The number of nitrogens with zero attached hydrogens (tertiary/aromatic N) is 3. The summed E-state index contributed by atoms with van der Waals surface area (Å²) in [5.41, 5.74) is 2.21. The van der Waals surface area contributed by atoms with Crippen LogP contribution in [0.3, 0.4) is 0 Å². The minimum absolute atomic E-state index is 0.181. The standard InChI is InChI=1S/C18H18N4O3S/c1-3-4-16-20-21-18(26-16)19-17(23)13-9-15(25-22-13)11-5-6-14-12(8-11)7-10(2)24-14/h5-6,8-10H,3-4,7H2,1-2H3,(H,19,21,23)/t10-/m0/s1. The zero-order chi connectivity index (χ0) is 18.1. The lowest BCUT2D eigenvalue weighted by atomic mass is 10.1. The van der Waals surface area contributed by atoms with Crippen molar-refractivity contribution in [2.75, 3.05) is 5.32 Å². The molecular weight excluding hydrogens is 352 g/mol. The number of hydrogen-bond acceptors (Lipinski definition) is 7. The van der Waals surface area contributed by atoms with Crippen molar-refractivity contribution in [2.24, 2.45) is 0 Å². The second kappa shape index (κ2) is 6.87. The molecule has 3 aromatic rings. The van der Waals surface area contributed by atoms with Crippen molar-refractivity contribution in [1.29, 1.82) is 0 Å². The zero-order valence-corrected chi connectivity index (χ0v) is 15.3. The quantitative estimate of drug-likeness (QED) is 0.736. The van der Waals surface area contributed by atoms with E-state index in [-0.39, 0.29) is 17.7 Å². The molecule has 0 bridgehead atoms. The number of benzene rings is 1. The SMILES string of the molecule is CCCc1nnc(NC(=O)c2cc(-c3ccc4c(c3)C[C@H](C)O4)on2)s1. The first-order valence-electron chi connectivity index (χ1n) is 8.52. The third kappa shape index (κ3) is 3.32. The van der Waals surface area contributed by atoms with Crippen LogP contribution in [0.1, 0.15) is 41.3 Å². The summed E-state index contributed by atoms with van der Waals surface area (Å²) in [7, 11) is 0. The summed E-state index contributed by atoms with van der Waals surface area (Å²) in [5.74, 6) is 1.08. The highest BCUT2D eigenvalue weighted by atomic mass is 32.1. The fourth-order valence-electron chi connectivity index (χ4n) is 2.87. The zero-order valence-electron chi connectivity index (χ0n) is 14.5. The number of fused-ring (bicyclic) bond motifs is 1. The largest absolute Gasteiger partial charge is 0.490 e. The number of anilines is 1. The Morgan fingerprint density at radius 1 is 1.35 bits per heavy atom. The van der Waals surface area contributed by atoms with E-state index in [1.165, 1.54) is 11.3 Å². The molecule has 2 aromatic heterocycles. The maximum absolute atomic E-state index is 12.3. The van der Waals surface area contributed by atoms with Crippen molar-refractivity contribution in [3.63, 3.8) is 0 Å². The maximum Gasteiger partial charge on any atom is 0.279 e. The van der Waals surface area contributed by atoms with Gasteiger partial charge >= 0.3 is 0 Å². The highest BCUT2D eigenvalue weighted by molar-refractivity contribution is 7.15. The van der Waals surface area contributed by atoms with Crippen LogP contribution in [0.2, 0.25) is 0 Å². The molecule has 0 spiro atoms. The van der Waals surface area contributed by atoms with Gasteiger partial charge < -0.3 is 9.26 Å². The Hall–Kier alpha value is -2.74. The van der Waals surface area contributed by atoms with Gasteiger partial charge in [-0.3, -0.25) is 10.1 Å². The van der Waals surface area contributed by atoms with Crippen molar-refractivity contribution in [1.82, 2.24) is 15.4 Å². The van der Waals surface area contributed by atoms with Gasteiger partial charge in [-0.15, -0.1) is 10.2 Å². The molecule has 1 aliphatic rings. The van der Waals surface area contributed by atoms with Crippen LogP contribution in [0, 0.1) is 0 Å². The molecule has 0 fully saturated rings. The molecule has 7 nitrogen and oxygen atoms in total. The van der Waals surface area contributed by atoms with Crippen LogP contribution in [0.25, 0.3) is 11.3 Å². The minimum atomic E-state index is -0.364. The van der Waals surface area contributed by atoms with E-state index in [9.17, 15) is 4.79 Å². The average molecular weight is 370 g/mol. The highest BCUT2D eigenvalue weighted by Crippen LogP contribution is 2.33. The molecule has 1 aromatic carbocycles. The molecule has 8 heteroatoms. The second-order valence-electron chi connectivity index (χ2n) is 6.24. The van der Waals surface area contributed by atoms with E-state index in [0.29, 0.717) is 10.9 Å². The molecule has 3 heterocycles. The third-order valence-electron chi connectivity index (χ3n) is 4.07. The van der Waals surface area contributed by atoms with Crippen LogP contribution >= 0.6 is 11.3 Å². The Kier molecular flexibility index (Phi) is 4.42. The molecule has 1 amide bonds. The Bertz CT molecular complexity index is 950. The topological polar surface area (TPSA) is 90.1 Å². The lowest BCUT2D eigenvalue weighted by Crippen LogP contribution is -2.11. The molecule has 0 saturated heterocycles. The van der Waals surface area contributed by atoms with Crippen LogP contribution in [0.4, 0.5) is 5.13 Å². The summed E-state index contributed by atoms with van der Waals surface area (Å²) >= 11 is 1.37. The van der Waals surface area contributed by atoms with Gasteiger partial charge in [0.2, 0.25) is 5.13 Å². The van der Waals surface area contributed by atoms with Gasteiger partial charge in [-0.2, -0.15) is 0 Å². The first kappa shape index (κ1) is 16.7. The number of carbonyl (C=O) groups excluding carboxylic acids is 1. The second-order valence-corrected chi connectivity index (χ2v) is 7.30. The minimum Gasteiger partial charge on any atom is -0.490 e. The molecule has 1 N–H and O–H groups in total. The van der Waals surface area contributed by atoms with Crippen LogP contribution < -0.4 is 10.1 Å². The predicted octanol–water partition coefficient (Wildman–Crippen LogP) is 3.72. The highest BCUT2D eigenvalue weighted by Gasteiger charge is 2.21. The lowest BCUT2D eigenvalue weighted by molar-refractivity contribution is 0.101. The first-order chi connectivity index (χ1) is 12.6. The number of aryl methyl sites for hydroxylation is 1. The van der Waals surface area contributed by atoms with Gasteiger partial charge in [-0.1, -0.05) is 23.4 Å². The molecule has 1 aliphatic heterocycles. The van der Waals surface area contributed by atoms with E-state index in [0.717, 1.165) is 41.1 Å². The Labute approximate surface area is 154 Å². The normalized spacial score (nSPS) is 15.5. The van der Waals surface area contributed by atoms with E-state index >= 15 is 0 Å². The number of nitrogens with one attached hydrogen (secondary N) is 1. The van der Waals surface area contributed by atoms with Gasteiger partial charge in [-0.25, -0.2) is 0 Å². The van der Waals surface area contributed by atoms with E-state index in [1.807, 2.05) is 25.1 Å². The number of ether oxygens (including phenoxy) is 1. The molecular formula is C18H18N4O3S. The fraction of sp³-hybridized carbons (Fsp3) is 0.333. The Morgan fingerprint density at radius 2 is 2.23 bits per heavy atom. The first-order valence-corrected chi connectivity index (χ1v) is 9.34. The number of hydrogen-bond donors (Lipinski definition) is 1. The van der Waals surface area contributed by atoms with Crippen molar-refractivity contribution in [3.8, 4) is 17.1 Å². The van der Waals surface area contributed by atoms with Crippen molar-refractivity contribution < 1.29 is 14.1 Å². The molecule has 26 heavy (non-hydrogen) atoms. The van der Waals surface area contributed by atoms with Gasteiger partial charge in [0, 0.05) is 24.5 Å². The summed E-state index contributed by atoms with van der Waals surface area (Å²) in [6, 6.07) is 7.47. The number of amides is 1. The smallest absolute Gasteiger partial charge is 0.279 e. The molecule has 4 rings (SSSR count). The summed E-state index contributed by atoms with van der Waals surface area (Å²) in [4.78, 5) is 12.3. The molecule has 0 radical (unpaired) electrons. The number of rotatable bonds is 5. The van der Waals surface area contributed by atoms with Gasteiger partial charge in [0.25, 0.3) is 5.91 Å². The molecule has 0 saturated carbocycles. The van der Waals surface area contributed by atoms with Crippen LogP contribution in [-0.4, -0.2) is 27.4 Å². The van der Waals surface area contributed by atoms with Gasteiger partial charge in [0.05, 0.1) is 0 Å².